The Morgan fingerprint density at radius 2 is 2.13 bits per heavy atom. The van der Waals surface area contributed by atoms with Crippen molar-refractivity contribution in [2.24, 2.45) is 0 Å². The third-order valence-electron chi connectivity index (χ3n) is 2.53. The van der Waals surface area contributed by atoms with Gasteiger partial charge in [-0.3, -0.25) is 4.72 Å². The average Bonchev–Trinajstić information content (AvgIpc) is 2.70. The number of rotatable bonds is 3. The predicted octanol–water partition coefficient (Wildman–Crippen LogP) is 2.86. The van der Waals surface area contributed by atoms with Crippen LogP contribution < -0.4 is 4.72 Å². The fourth-order valence-electron chi connectivity index (χ4n) is 1.75. The van der Waals surface area contributed by atoms with Gasteiger partial charge in [-0.25, -0.2) is 9.19 Å². The molecule has 0 amide bonds. The molecule has 1 heterocycles. The summed E-state index contributed by atoms with van der Waals surface area (Å²) >= 11 is 3.29. The molecular formula is C10H13BrN2OS. The summed E-state index contributed by atoms with van der Waals surface area (Å²) in [6.45, 7) is 0. The Hall–Kier alpha value is -0.420. The number of pyridine rings is 1. The van der Waals surface area contributed by atoms with Crippen LogP contribution in [-0.2, 0) is 11.0 Å². The van der Waals surface area contributed by atoms with Gasteiger partial charge in [0.15, 0.2) is 0 Å². The Kier molecular flexibility index (Phi) is 3.75. The van der Waals surface area contributed by atoms with Crippen molar-refractivity contribution in [3.63, 3.8) is 0 Å². The maximum absolute atomic E-state index is 11.9. The minimum absolute atomic E-state index is 0.297. The van der Waals surface area contributed by atoms with Gasteiger partial charge in [-0.15, -0.1) is 0 Å². The molecule has 1 atom stereocenters. The fourth-order valence-corrected chi connectivity index (χ4v) is 3.35. The van der Waals surface area contributed by atoms with Gasteiger partial charge in [-0.2, -0.15) is 0 Å². The second-order valence-corrected chi connectivity index (χ2v) is 5.93. The number of anilines is 1. The van der Waals surface area contributed by atoms with E-state index in [9.17, 15) is 4.21 Å². The smallest absolute Gasteiger partial charge is 0.138 e. The van der Waals surface area contributed by atoms with Gasteiger partial charge in [0, 0.05) is 0 Å². The van der Waals surface area contributed by atoms with E-state index in [1.807, 2.05) is 18.2 Å². The fraction of sp³-hybridized carbons (Fsp3) is 0.500. The molecule has 1 saturated carbocycles. The van der Waals surface area contributed by atoms with Crippen LogP contribution in [0, 0.1) is 0 Å². The zero-order valence-electron chi connectivity index (χ0n) is 8.28. The summed E-state index contributed by atoms with van der Waals surface area (Å²) in [7, 11) is -0.988. The summed E-state index contributed by atoms with van der Waals surface area (Å²) < 4.78 is 15.6. The number of halogens is 1. The highest BCUT2D eigenvalue weighted by molar-refractivity contribution is 9.10. The second kappa shape index (κ2) is 5.07. The van der Waals surface area contributed by atoms with E-state index >= 15 is 0 Å². The Balaban J connectivity index is 1.99. The molecule has 0 aliphatic heterocycles. The van der Waals surface area contributed by atoms with Crippen LogP contribution in [-0.4, -0.2) is 14.4 Å². The SMILES string of the molecule is O=S(Nc1cccc(Br)n1)C1CCCC1. The third-order valence-corrected chi connectivity index (χ3v) is 4.45. The lowest BCUT2D eigenvalue weighted by molar-refractivity contribution is 0.673. The molecule has 3 nitrogen and oxygen atoms in total. The zero-order valence-corrected chi connectivity index (χ0v) is 10.7. The minimum Gasteiger partial charge on any atom is -0.289 e. The van der Waals surface area contributed by atoms with Crippen LogP contribution in [0.25, 0.3) is 0 Å². The molecule has 0 radical (unpaired) electrons. The summed E-state index contributed by atoms with van der Waals surface area (Å²) in [6.07, 6.45) is 4.52. The van der Waals surface area contributed by atoms with Crippen molar-refractivity contribution in [1.29, 1.82) is 0 Å². The van der Waals surface area contributed by atoms with Crippen molar-refractivity contribution in [1.82, 2.24) is 4.98 Å². The first kappa shape index (κ1) is 11.1. The van der Waals surface area contributed by atoms with E-state index in [-0.39, 0.29) is 0 Å². The first-order valence-corrected chi connectivity index (χ1v) is 7.06. The van der Waals surface area contributed by atoms with Gasteiger partial charge in [0.05, 0.1) is 5.25 Å². The molecule has 1 N–H and O–H groups in total. The highest BCUT2D eigenvalue weighted by Crippen LogP contribution is 2.23. The van der Waals surface area contributed by atoms with E-state index in [0.29, 0.717) is 11.1 Å². The van der Waals surface area contributed by atoms with Crippen molar-refractivity contribution in [3.05, 3.63) is 22.8 Å². The van der Waals surface area contributed by atoms with Crippen LogP contribution in [0.15, 0.2) is 22.8 Å². The summed E-state index contributed by atoms with van der Waals surface area (Å²) in [5, 5.41) is 0.297. The number of nitrogens with one attached hydrogen (secondary N) is 1. The molecule has 1 aliphatic rings. The second-order valence-electron chi connectivity index (χ2n) is 3.65. The average molecular weight is 289 g/mol. The molecule has 0 bridgehead atoms. The van der Waals surface area contributed by atoms with Crippen molar-refractivity contribution < 1.29 is 4.21 Å². The molecule has 0 spiro atoms. The molecule has 15 heavy (non-hydrogen) atoms. The molecule has 1 aromatic rings. The Morgan fingerprint density at radius 3 is 2.80 bits per heavy atom. The Bertz CT molecular complexity index is 366. The van der Waals surface area contributed by atoms with E-state index in [1.165, 1.54) is 12.8 Å². The monoisotopic (exact) mass is 288 g/mol. The lowest BCUT2D eigenvalue weighted by atomic mass is 10.4. The van der Waals surface area contributed by atoms with Crippen molar-refractivity contribution in [3.8, 4) is 0 Å². The Labute approximate surface area is 100 Å². The zero-order chi connectivity index (χ0) is 10.7. The van der Waals surface area contributed by atoms with E-state index in [4.69, 9.17) is 0 Å². The van der Waals surface area contributed by atoms with Crippen LogP contribution in [0.1, 0.15) is 25.7 Å². The molecule has 2 rings (SSSR count). The Morgan fingerprint density at radius 1 is 1.40 bits per heavy atom. The summed E-state index contributed by atoms with van der Waals surface area (Å²) in [6, 6.07) is 5.56. The van der Waals surface area contributed by atoms with Gasteiger partial charge >= 0.3 is 0 Å². The quantitative estimate of drug-likeness (QED) is 0.869. The van der Waals surface area contributed by atoms with Gasteiger partial charge in [-0.1, -0.05) is 18.9 Å². The van der Waals surface area contributed by atoms with Crippen LogP contribution in [0.3, 0.4) is 0 Å². The molecule has 1 fully saturated rings. The van der Waals surface area contributed by atoms with Gasteiger partial charge in [0.2, 0.25) is 0 Å². The molecular weight excluding hydrogens is 276 g/mol. The lowest BCUT2D eigenvalue weighted by Gasteiger charge is -2.10. The number of hydrogen-bond donors (Lipinski definition) is 1. The first-order valence-electron chi connectivity index (χ1n) is 5.05. The summed E-state index contributed by atoms with van der Waals surface area (Å²) in [4.78, 5) is 4.20. The van der Waals surface area contributed by atoms with Crippen LogP contribution >= 0.6 is 15.9 Å². The highest BCUT2D eigenvalue weighted by Gasteiger charge is 2.21. The number of nitrogens with zero attached hydrogens (tertiary/aromatic N) is 1. The maximum atomic E-state index is 11.9. The molecule has 82 valence electrons. The molecule has 1 aromatic heterocycles. The number of hydrogen-bond acceptors (Lipinski definition) is 2. The number of aromatic nitrogens is 1. The van der Waals surface area contributed by atoms with Crippen LogP contribution in [0.4, 0.5) is 5.82 Å². The van der Waals surface area contributed by atoms with E-state index < -0.39 is 11.0 Å². The summed E-state index contributed by atoms with van der Waals surface area (Å²) in [5.74, 6) is 0.676. The standard InChI is InChI=1S/C10H13BrN2OS/c11-9-6-3-7-10(12-9)13-15(14)8-4-1-2-5-8/h3,6-8H,1-2,4-5H2,(H,12,13). The maximum Gasteiger partial charge on any atom is 0.138 e. The van der Waals surface area contributed by atoms with Crippen molar-refractivity contribution in [2.45, 2.75) is 30.9 Å². The predicted molar refractivity (Wildman–Crippen MR) is 66.0 cm³/mol. The van der Waals surface area contributed by atoms with Crippen molar-refractivity contribution in [2.75, 3.05) is 4.72 Å². The first-order chi connectivity index (χ1) is 7.25. The molecule has 1 unspecified atom stereocenters. The van der Waals surface area contributed by atoms with E-state index in [0.717, 1.165) is 17.4 Å². The summed E-state index contributed by atoms with van der Waals surface area (Å²) in [5.41, 5.74) is 0. The topological polar surface area (TPSA) is 42.0 Å². The molecule has 0 saturated heterocycles. The lowest BCUT2D eigenvalue weighted by Crippen LogP contribution is -2.18. The molecule has 1 aliphatic carbocycles. The van der Waals surface area contributed by atoms with Gasteiger partial charge in [0.25, 0.3) is 0 Å². The van der Waals surface area contributed by atoms with E-state index in [1.54, 1.807) is 0 Å². The normalized spacial score (nSPS) is 19.0. The molecule has 0 aromatic carbocycles. The van der Waals surface area contributed by atoms with Gasteiger partial charge in [-0.05, 0) is 40.9 Å². The van der Waals surface area contributed by atoms with E-state index in [2.05, 4.69) is 25.6 Å². The van der Waals surface area contributed by atoms with Gasteiger partial charge in [0.1, 0.15) is 21.4 Å². The van der Waals surface area contributed by atoms with Crippen molar-refractivity contribution >= 4 is 32.7 Å². The van der Waals surface area contributed by atoms with Crippen LogP contribution in [0.2, 0.25) is 0 Å². The van der Waals surface area contributed by atoms with Crippen LogP contribution in [0.5, 0.6) is 0 Å². The largest absolute Gasteiger partial charge is 0.289 e. The highest BCUT2D eigenvalue weighted by atomic mass is 79.9. The molecule has 5 heteroatoms. The third kappa shape index (κ3) is 3.01. The van der Waals surface area contributed by atoms with Gasteiger partial charge < -0.3 is 0 Å². The minimum atomic E-state index is -0.988.